The number of hydrogen-bond donors (Lipinski definition) is 3. The summed E-state index contributed by atoms with van der Waals surface area (Å²) in [6.07, 6.45) is 2.52. The van der Waals surface area contributed by atoms with Crippen LogP contribution >= 0.6 is 24.4 Å². The number of aliphatic carboxylic acids is 1. The molecule has 8 nitrogen and oxygen atoms in total. The number of thiol groups is 1. The van der Waals surface area contributed by atoms with E-state index in [9.17, 15) is 24.3 Å². The summed E-state index contributed by atoms with van der Waals surface area (Å²) < 4.78 is 4.40. The van der Waals surface area contributed by atoms with E-state index >= 15 is 0 Å². The van der Waals surface area contributed by atoms with Crippen LogP contribution in [0.3, 0.4) is 0 Å². The Labute approximate surface area is 197 Å². The Bertz CT molecular complexity index is 807. The van der Waals surface area contributed by atoms with E-state index in [-0.39, 0.29) is 23.2 Å². The maximum atomic E-state index is 12.8. The van der Waals surface area contributed by atoms with Gasteiger partial charge in [-0.1, -0.05) is 30.3 Å². The van der Waals surface area contributed by atoms with Gasteiger partial charge in [0.1, 0.15) is 12.1 Å². The first kappa shape index (κ1) is 26.1. The molecule has 0 aromatic heterocycles. The molecule has 2 aliphatic heterocycles. The van der Waals surface area contributed by atoms with Crippen LogP contribution in [0.15, 0.2) is 30.3 Å². The number of carboxylic acid groups (broad SMARTS) is 1. The standard InChI is InChI=1S/C18H22N2O4S2.C4H8O2/c21-16(14(25)9-11-5-2-1-3-6-11)19-12-10-26-15-8-4-7-13(18(23)24)20(15)17(12)22;1-3-6-4(2)5/h1-3,5-6,12-15,25H,4,7-10H2,(H,19,21)(H,23,24);3H2,1-2H3/t12-,13-,14-,15-;/m0./s1. The minimum atomic E-state index is -0.980. The molecule has 2 saturated heterocycles. The minimum absolute atomic E-state index is 0.110. The third-order valence-corrected chi connectivity index (χ3v) is 6.90. The van der Waals surface area contributed by atoms with Crippen molar-refractivity contribution in [1.82, 2.24) is 10.2 Å². The lowest BCUT2D eigenvalue weighted by Crippen LogP contribution is -2.62. The monoisotopic (exact) mass is 482 g/mol. The van der Waals surface area contributed by atoms with Crippen molar-refractivity contribution < 1.29 is 29.0 Å². The summed E-state index contributed by atoms with van der Waals surface area (Å²) in [7, 11) is 0. The van der Waals surface area contributed by atoms with Crippen LogP contribution in [0.4, 0.5) is 0 Å². The lowest BCUT2D eigenvalue weighted by Gasteiger charge is -2.45. The number of nitrogens with zero attached hydrogens (tertiary/aromatic N) is 1. The second-order valence-corrected chi connectivity index (χ2v) is 9.34. The number of rotatable bonds is 6. The van der Waals surface area contributed by atoms with Gasteiger partial charge in [0.15, 0.2) is 0 Å². The number of carbonyl (C=O) groups excluding carboxylic acids is 3. The topological polar surface area (TPSA) is 113 Å². The first-order chi connectivity index (χ1) is 15.2. The SMILES string of the molecule is CCOC(C)=O.O=C(N[C@H]1CS[C@H]2CCC[C@@H](C(=O)O)N2C1=O)[C@@H](S)Cc1ccccc1. The number of ether oxygens (including phenoxy) is 1. The Morgan fingerprint density at radius 1 is 1.28 bits per heavy atom. The Kier molecular flexibility index (Phi) is 10.4. The van der Waals surface area contributed by atoms with Crippen molar-refractivity contribution in [2.75, 3.05) is 12.4 Å². The van der Waals surface area contributed by atoms with Crippen molar-refractivity contribution in [2.45, 2.75) is 62.2 Å². The number of hydrogen-bond acceptors (Lipinski definition) is 7. The smallest absolute Gasteiger partial charge is 0.326 e. The van der Waals surface area contributed by atoms with Crippen molar-refractivity contribution >= 4 is 48.1 Å². The number of fused-ring (bicyclic) bond motifs is 1. The quantitative estimate of drug-likeness (QED) is 0.420. The van der Waals surface area contributed by atoms with Gasteiger partial charge in [-0.15, -0.1) is 11.8 Å². The lowest BCUT2D eigenvalue weighted by molar-refractivity contribution is -0.154. The molecule has 176 valence electrons. The van der Waals surface area contributed by atoms with Gasteiger partial charge in [-0.25, -0.2) is 4.79 Å². The van der Waals surface area contributed by atoms with E-state index in [1.807, 2.05) is 30.3 Å². The Hall–Kier alpha value is -2.20. The highest BCUT2D eigenvalue weighted by atomic mass is 32.2. The molecule has 32 heavy (non-hydrogen) atoms. The summed E-state index contributed by atoms with van der Waals surface area (Å²) in [6, 6.07) is 8.05. The zero-order valence-electron chi connectivity index (χ0n) is 18.2. The number of benzene rings is 1. The molecule has 2 N–H and O–H groups in total. The molecule has 1 aromatic rings. The van der Waals surface area contributed by atoms with Gasteiger partial charge in [-0.2, -0.15) is 12.6 Å². The van der Waals surface area contributed by atoms with Gasteiger partial charge in [-0.05, 0) is 38.2 Å². The van der Waals surface area contributed by atoms with E-state index in [1.54, 1.807) is 6.92 Å². The molecule has 0 unspecified atom stereocenters. The third kappa shape index (κ3) is 7.44. The third-order valence-electron chi connectivity index (χ3n) is 5.11. The van der Waals surface area contributed by atoms with E-state index in [1.165, 1.54) is 23.6 Å². The highest BCUT2D eigenvalue weighted by molar-refractivity contribution is 8.00. The molecule has 0 saturated carbocycles. The number of carbonyl (C=O) groups is 4. The van der Waals surface area contributed by atoms with Crippen molar-refractivity contribution in [3.05, 3.63) is 35.9 Å². The van der Waals surface area contributed by atoms with Gasteiger partial charge in [0, 0.05) is 12.7 Å². The predicted molar refractivity (Wildman–Crippen MR) is 126 cm³/mol. The van der Waals surface area contributed by atoms with Crippen LogP contribution in [0.25, 0.3) is 0 Å². The minimum Gasteiger partial charge on any atom is -0.480 e. The van der Waals surface area contributed by atoms with Crippen LogP contribution in [-0.4, -0.2) is 68.8 Å². The van der Waals surface area contributed by atoms with Gasteiger partial charge in [0.25, 0.3) is 0 Å². The Balaban J connectivity index is 0.000000534. The maximum Gasteiger partial charge on any atom is 0.326 e. The number of piperidine rings is 1. The zero-order valence-corrected chi connectivity index (χ0v) is 19.9. The summed E-state index contributed by atoms with van der Waals surface area (Å²) >= 11 is 5.91. The predicted octanol–water partition coefficient (Wildman–Crippen LogP) is 2.12. The van der Waals surface area contributed by atoms with Crippen LogP contribution in [0.5, 0.6) is 0 Å². The average molecular weight is 483 g/mol. The molecule has 1 aromatic carbocycles. The van der Waals surface area contributed by atoms with Gasteiger partial charge in [0.2, 0.25) is 11.8 Å². The van der Waals surface area contributed by atoms with E-state index < -0.39 is 23.3 Å². The Morgan fingerprint density at radius 2 is 1.97 bits per heavy atom. The lowest BCUT2D eigenvalue weighted by atomic mass is 10.0. The molecule has 3 rings (SSSR count). The van der Waals surface area contributed by atoms with Gasteiger partial charge in [-0.3, -0.25) is 14.4 Å². The largest absolute Gasteiger partial charge is 0.480 e. The number of esters is 1. The molecule has 4 atom stereocenters. The van der Waals surface area contributed by atoms with E-state index in [4.69, 9.17) is 0 Å². The highest BCUT2D eigenvalue weighted by Crippen LogP contribution is 2.35. The summed E-state index contributed by atoms with van der Waals surface area (Å²) in [4.78, 5) is 48.0. The first-order valence-corrected chi connectivity index (χ1v) is 12.1. The fourth-order valence-electron chi connectivity index (χ4n) is 3.63. The number of thioether (sulfide) groups is 1. The number of nitrogens with one attached hydrogen (secondary N) is 1. The number of amides is 2. The van der Waals surface area contributed by atoms with E-state index in [0.717, 1.165) is 18.4 Å². The molecule has 10 heteroatoms. The summed E-state index contributed by atoms with van der Waals surface area (Å²) in [6.45, 7) is 3.65. The average Bonchev–Trinajstić information content (AvgIpc) is 2.76. The van der Waals surface area contributed by atoms with E-state index in [0.29, 0.717) is 25.2 Å². The molecule has 0 aliphatic carbocycles. The molecular formula is C22H30N2O6S2. The van der Waals surface area contributed by atoms with Gasteiger partial charge >= 0.3 is 11.9 Å². The van der Waals surface area contributed by atoms with Crippen LogP contribution < -0.4 is 5.32 Å². The van der Waals surface area contributed by atoms with Crippen LogP contribution in [0.1, 0.15) is 38.7 Å². The Morgan fingerprint density at radius 3 is 2.53 bits per heavy atom. The molecular weight excluding hydrogens is 452 g/mol. The maximum absolute atomic E-state index is 12.8. The molecule has 2 aliphatic rings. The normalized spacial score (nSPS) is 23.2. The molecule has 2 fully saturated rings. The molecule has 2 heterocycles. The van der Waals surface area contributed by atoms with Crippen molar-refractivity contribution in [3.8, 4) is 0 Å². The van der Waals surface area contributed by atoms with Gasteiger partial charge < -0.3 is 20.1 Å². The zero-order chi connectivity index (χ0) is 23.7. The molecule has 0 bridgehead atoms. The van der Waals surface area contributed by atoms with E-state index in [2.05, 4.69) is 22.7 Å². The van der Waals surface area contributed by atoms with Crippen LogP contribution in [-0.2, 0) is 30.3 Å². The fraction of sp³-hybridized carbons (Fsp3) is 0.545. The summed E-state index contributed by atoms with van der Waals surface area (Å²) in [5.41, 5.74) is 0.994. The van der Waals surface area contributed by atoms with Crippen molar-refractivity contribution in [3.63, 3.8) is 0 Å². The highest BCUT2D eigenvalue weighted by Gasteiger charge is 2.45. The molecule has 0 spiro atoms. The second-order valence-electron chi connectivity index (χ2n) is 7.51. The van der Waals surface area contributed by atoms with Crippen LogP contribution in [0.2, 0.25) is 0 Å². The van der Waals surface area contributed by atoms with Crippen molar-refractivity contribution in [2.24, 2.45) is 0 Å². The molecule has 0 radical (unpaired) electrons. The van der Waals surface area contributed by atoms with Gasteiger partial charge in [0.05, 0.1) is 17.2 Å². The van der Waals surface area contributed by atoms with Crippen molar-refractivity contribution in [1.29, 1.82) is 0 Å². The van der Waals surface area contributed by atoms with Crippen LogP contribution in [0, 0.1) is 0 Å². The summed E-state index contributed by atoms with van der Waals surface area (Å²) in [5.74, 6) is -1.33. The summed E-state index contributed by atoms with van der Waals surface area (Å²) in [5, 5.41) is 11.5. The number of carboxylic acids is 1. The second kappa shape index (κ2) is 12.7. The molecule has 2 amide bonds. The first-order valence-electron chi connectivity index (χ1n) is 10.6. The fourth-order valence-corrected chi connectivity index (χ4v) is 5.30.